The highest BCUT2D eigenvalue weighted by atomic mass is 33.1. The molecule has 2 heterocycles. The highest BCUT2D eigenvalue weighted by Gasteiger charge is 2.50. The Hall–Kier alpha value is -0.360. The summed E-state index contributed by atoms with van der Waals surface area (Å²) in [5.41, 5.74) is 0.337. The lowest BCUT2D eigenvalue weighted by Crippen LogP contribution is -2.52. The van der Waals surface area contributed by atoms with Crippen LogP contribution in [0.4, 0.5) is 0 Å². The monoisotopic (exact) mass is 572 g/mol. The Labute approximate surface area is 237 Å². The molecule has 1 aromatic rings. The van der Waals surface area contributed by atoms with E-state index in [-0.39, 0.29) is 17.8 Å². The first-order valence-electron chi connectivity index (χ1n) is 13.9. The van der Waals surface area contributed by atoms with Crippen LogP contribution in [-0.2, 0) is 35.0 Å². The molecule has 0 aromatic heterocycles. The molecule has 0 radical (unpaired) electrons. The molecule has 9 heteroatoms. The van der Waals surface area contributed by atoms with Crippen molar-refractivity contribution >= 4 is 21.6 Å². The molecule has 0 amide bonds. The highest BCUT2D eigenvalue weighted by molar-refractivity contribution is 8.77. The van der Waals surface area contributed by atoms with Crippen LogP contribution in [0, 0.1) is 5.92 Å². The number of hydrogen-bond donors (Lipinski definition) is 1. The Balaban J connectivity index is 1.50. The number of hydrogen-bond acceptors (Lipinski definition) is 9. The zero-order valence-electron chi connectivity index (χ0n) is 23.7. The minimum Gasteiger partial charge on any atom is -0.389 e. The van der Waals surface area contributed by atoms with Gasteiger partial charge in [-0.1, -0.05) is 65.3 Å². The SMILES string of the molecule is COC(C)OCOCC(C)CCCC(C)(O)C1(CCC2(COCc3ccccc3)OCCO2)CCCSS1. The van der Waals surface area contributed by atoms with Crippen molar-refractivity contribution in [2.24, 2.45) is 5.92 Å². The molecule has 0 aliphatic carbocycles. The molecule has 0 bridgehead atoms. The maximum atomic E-state index is 11.9. The maximum absolute atomic E-state index is 11.9. The maximum Gasteiger partial charge on any atom is 0.192 e. The third kappa shape index (κ3) is 9.93. The second-order valence-electron chi connectivity index (χ2n) is 10.8. The minimum absolute atomic E-state index is 0.231. The second-order valence-corrected chi connectivity index (χ2v) is 13.6. The van der Waals surface area contributed by atoms with E-state index in [9.17, 15) is 5.11 Å². The standard InChI is InChI=1S/C29H48O7S2/c1-24(20-33-23-34-25(2)31-4)10-8-13-27(3,30)28(14-9-19-37-38-28)15-16-29(35-17-18-36-29)22-32-21-26-11-6-5-7-12-26/h5-7,11-12,24-25,30H,8-10,13-23H2,1-4H3. The fourth-order valence-corrected chi connectivity index (χ4v) is 8.65. The Morgan fingerprint density at radius 1 is 1.11 bits per heavy atom. The second kappa shape index (κ2) is 16.2. The molecule has 38 heavy (non-hydrogen) atoms. The summed E-state index contributed by atoms with van der Waals surface area (Å²) in [6.07, 6.45) is 6.04. The zero-order valence-corrected chi connectivity index (χ0v) is 25.3. The normalized spacial score (nSPS) is 24.7. The molecule has 7 nitrogen and oxygen atoms in total. The van der Waals surface area contributed by atoms with Gasteiger partial charge in [-0.3, -0.25) is 0 Å². The van der Waals surface area contributed by atoms with Gasteiger partial charge in [-0.05, 0) is 57.4 Å². The molecule has 2 fully saturated rings. The van der Waals surface area contributed by atoms with Crippen molar-refractivity contribution in [3.8, 4) is 0 Å². The van der Waals surface area contributed by atoms with Crippen LogP contribution < -0.4 is 0 Å². The fourth-order valence-electron chi connectivity index (χ4n) is 5.06. The van der Waals surface area contributed by atoms with Crippen LogP contribution in [-0.4, -0.2) is 73.6 Å². The van der Waals surface area contributed by atoms with Gasteiger partial charge in [0.25, 0.3) is 0 Å². The number of methoxy groups -OCH3 is 1. The molecule has 1 N–H and O–H groups in total. The number of aliphatic hydroxyl groups is 1. The van der Waals surface area contributed by atoms with E-state index in [2.05, 4.69) is 19.1 Å². The predicted molar refractivity (Wildman–Crippen MR) is 154 cm³/mol. The van der Waals surface area contributed by atoms with Crippen LogP contribution in [0.3, 0.4) is 0 Å². The molecular formula is C29H48O7S2. The van der Waals surface area contributed by atoms with Gasteiger partial charge in [-0.2, -0.15) is 0 Å². The van der Waals surface area contributed by atoms with E-state index in [0.717, 1.165) is 49.8 Å². The third-order valence-electron chi connectivity index (χ3n) is 7.65. The first-order valence-corrected chi connectivity index (χ1v) is 16.3. The molecule has 2 saturated heterocycles. The smallest absolute Gasteiger partial charge is 0.192 e. The zero-order chi connectivity index (χ0) is 27.3. The van der Waals surface area contributed by atoms with Crippen LogP contribution in [0.25, 0.3) is 0 Å². The van der Waals surface area contributed by atoms with Crippen molar-refractivity contribution in [1.29, 1.82) is 0 Å². The van der Waals surface area contributed by atoms with E-state index in [4.69, 9.17) is 28.4 Å². The van der Waals surface area contributed by atoms with Gasteiger partial charge in [-0.25, -0.2) is 0 Å². The molecule has 0 saturated carbocycles. The average Bonchev–Trinajstić information content (AvgIpc) is 3.40. The van der Waals surface area contributed by atoms with Gasteiger partial charge in [-0.15, -0.1) is 0 Å². The Bertz CT molecular complexity index is 767. The van der Waals surface area contributed by atoms with Crippen molar-refractivity contribution < 1.29 is 33.5 Å². The molecule has 0 spiro atoms. The van der Waals surface area contributed by atoms with E-state index in [1.54, 1.807) is 7.11 Å². The summed E-state index contributed by atoms with van der Waals surface area (Å²) >= 11 is 0. The Morgan fingerprint density at radius 2 is 1.87 bits per heavy atom. The summed E-state index contributed by atoms with van der Waals surface area (Å²) in [4.78, 5) is 0. The summed E-state index contributed by atoms with van der Waals surface area (Å²) in [5, 5.41) is 11.9. The molecule has 218 valence electrons. The molecular weight excluding hydrogens is 524 g/mol. The van der Waals surface area contributed by atoms with Crippen molar-refractivity contribution in [2.75, 3.05) is 46.1 Å². The molecule has 2 aliphatic heterocycles. The number of benzene rings is 1. The Kier molecular flexibility index (Phi) is 13.7. The van der Waals surface area contributed by atoms with Crippen molar-refractivity contribution in [2.45, 2.75) is 94.7 Å². The topological polar surface area (TPSA) is 75.6 Å². The summed E-state index contributed by atoms with van der Waals surface area (Å²) in [6.45, 7) is 9.00. The van der Waals surface area contributed by atoms with Crippen LogP contribution in [0.2, 0.25) is 0 Å². The van der Waals surface area contributed by atoms with E-state index in [1.165, 1.54) is 0 Å². The van der Waals surface area contributed by atoms with Gasteiger partial charge in [0, 0.05) is 19.3 Å². The summed E-state index contributed by atoms with van der Waals surface area (Å²) in [6, 6.07) is 10.2. The van der Waals surface area contributed by atoms with Crippen molar-refractivity contribution in [1.82, 2.24) is 0 Å². The van der Waals surface area contributed by atoms with Gasteiger partial charge in [0.15, 0.2) is 12.1 Å². The van der Waals surface area contributed by atoms with Gasteiger partial charge in [0.2, 0.25) is 0 Å². The van der Waals surface area contributed by atoms with Crippen LogP contribution in [0.1, 0.15) is 71.3 Å². The first-order chi connectivity index (χ1) is 18.3. The lowest BCUT2D eigenvalue weighted by Gasteiger charge is -2.48. The van der Waals surface area contributed by atoms with Crippen LogP contribution in [0.15, 0.2) is 30.3 Å². The molecule has 1 aromatic carbocycles. The average molecular weight is 573 g/mol. The highest BCUT2D eigenvalue weighted by Crippen LogP contribution is 2.55. The van der Waals surface area contributed by atoms with Gasteiger partial charge in [0.05, 0.1) is 36.8 Å². The molecule has 3 rings (SSSR count). The van der Waals surface area contributed by atoms with E-state index < -0.39 is 11.4 Å². The molecule has 2 aliphatic rings. The van der Waals surface area contributed by atoms with Gasteiger partial charge in [0.1, 0.15) is 13.4 Å². The van der Waals surface area contributed by atoms with Crippen molar-refractivity contribution in [3.63, 3.8) is 0 Å². The van der Waals surface area contributed by atoms with Gasteiger partial charge < -0.3 is 33.5 Å². The minimum atomic E-state index is -0.798. The molecule has 4 atom stereocenters. The lowest BCUT2D eigenvalue weighted by molar-refractivity contribution is -0.203. The molecule has 4 unspecified atom stereocenters. The van der Waals surface area contributed by atoms with Crippen LogP contribution >= 0.6 is 21.6 Å². The van der Waals surface area contributed by atoms with E-state index in [0.29, 0.717) is 45.4 Å². The van der Waals surface area contributed by atoms with E-state index in [1.807, 2.05) is 53.6 Å². The number of ether oxygens (including phenoxy) is 6. The largest absolute Gasteiger partial charge is 0.389 e. The quantitative estimate of drug-likeness (QED) is 0.126. The fraction of sp³-hybridized carbons (Fsp3) is 0.793. The van der Waals surface area contributed by atoms with E-state index >= 15 is 0 Å². The van der Waals surface area contributed by atoms with Gasteiger partial charge >= 0.3 is 0 Å². The first kappa shape index (κ1) is 32.2. The lowest BCUT2D eigenvalue weighted by atomic mass is 9.77. The Morgan fingerprint density at radius 3 is 2.55 bits per heavy atom. The third-order valence-corrected chi connectivity index (χ3v) is 11.2. The van der Waals surface area contributed by atoms with Crippen molar-refractivity contribution in [3.05, 3.63) is 35.9 Å². The predicted octanol–water partition coefficient (Wildman–Crippen LogP) is 6.18. The summed E-state index contributed by atoms with van der Waals surface area (Å²) < 4.78 is 34.2. The summed E-state index contributed by atoms with van der Waals surface area (Å²) in [7, 11) is 5.36. The van der Waals surface area contributed by atoms with Crippen LogP contribution in [0.5, 0.6) is 0 Å². The summed E-state index contributed by atoms with van der Waals surface area (Å²) in [5.74, 6) is 0.773. The number of rotatable bonds is 18.